The average molecular weight is 369 g/mol. The van der Waals surface area contributed by atoms with Gasteiger partial charge in [-0.15, -0.1) is 0 Å². The van der Waals surface area contributed by atoms with Crippen molar-refractivity contribution in [2.75, 3.05) is 5.75 Å². The van der Waals surface area contributed by atoms with E-state index in [1.807, 2.05) is 42.6 Å². The van der Waals surface area contributed by atoms with Crippen LogP contribution in [0.5, 0.6) is 0 Å². The van der Waals surface area contributed by atoms with Gasteiger partial charge in [0.05, 0.1) is 18.3 Å². The van der Waals surface area contributed by atoms with E-state index in [9.17, 15) is 9.59 Å². The van der Waals surface area contributed by atoms with Crippen LogP contribution in [0.3, 0.4) is 0 Å². The van der Waals surface area contributed by atoms with E-state index in [1.54, 1.807) is 17.8 Å². The number of carbonyl (C=O) groups is 1. The number of rotatable bonds is 7. The van der Waals surface area contributed by atoms with E-state index in [4.69, 9.17) is 0 Å². The summed E-state index contributed by atoms with van der Waals surface area (Å²) in [5.74, 6) is 0.0228. The SMILES string of the molecule is Cc1cc(=O)[nH]c(SCC(=O)N[C@H](Cn2cccn2)c2ccccc2)n1. The van der Waals surface area contributed by atoms with Gasteiger partial charge in [0, 0.05) is 24.2 Å². The minimum absolute atomic E-state index is 0.139. The number of hydrogen-bond donors (Lipinski definition) is 2. The number of benzene rings is 1. The topological polar surface area (TPSA) is 92.7 Å². The van der Waals surface area contributed by atoms with Gasteiger partial charge in [-0.3, -0.25) is 14.3 Å². The molecule has 0 aliphatic heterocycles. The maximum absolute atomic E-state index is 12.4. The molecule has 0 aliphatic rings. The molecule has 1 atom stereocenters. The zero-order chi connectivity index (χ0) is 18.4. The number of aromatic amines is 1. The van der Waals surface area contributed by atoms with Crippen molar-refractivity contribution < 1.29 is 4.79 Å². The molecule has 134 valence electrons. The number of thioether (sulfide) groups is 1. The van der Waals surface area contributed by atoms with Gasteiger partial charge in [-0.25, -0.2) is 4.98 Å². The zero-order valence-electron chi connectivity index (χ0n) is 14.3. The summed E-state index contributed by atoms with van der Waals surface area (Å²) in [5, 5.41) is 7.68. The van der Waals surface area contributed by atoms with E-state index < -0.39 is 0 Å². The Morgan fingerprint density at radius 3 is 2.81 bits per heavy atom. The van der Waals surface area contributed by atoms with Gasteiger partial charge in [-0.1, -0.05) is 42.1 Å². The van der Waals surface area contributed by atoms with Crippen LogP contribution >= 0.6 is 11.8 Å². The first-order chi connectivity index (χ1) is 12.6. The van der Waals surface area contributed by atoms with Crippen molar-refractivity contribution >= 4 is 17.7 Å². The highest BCUT2D eigenvalue weighted by molar-refractivity contribution is 7.99. The van der Waals surface area contributed by atoms with E-state index >= 15 is 0 Å². The van der Waals surface area contributed by atoms with Crippen molar-refractivity contribution in [1.82, 2.24) is 25.1 Å². The van der Waals surface area contributed by atoms with Crippen LogP contribution in [-0.4, -0.2) is 31.4 Å². The number of H-pyrrole nitrogens is 1. The lowest BCUT2D eigenvalue weighted by Crippen LogP contribution is -2.33. The molecule has 0 bridgehead atoms. The summed E-state index contributed by atoms with van der Waals surface area (Å²) < 4.78 is 1.78. The summed E-state index contributed by atoms with van der Waals surface area (Å²) in [6, 6.07) is 12.8. The molecule has 2 aromatic heterocycles. The Bertz CT molecular complexity index is 909. The lowest BCUT2D eigenvalue weighted by atomic mass is 10.1. The molecule has 0 saturated heterocycles. The smallest absolute Gasteiger partial charge is 0.251 e. The van der Waals surface area contributed by atoms with Gasteiger partial charge in [0.2, 0.25) is 5.91 Å². The van der Waals surface area contributed by atoms with Crippen molar-refractivity contribution in [3.63, 3.8) is 0 Å². The number of aryl methyl sites for hydroxylation is 1. The normalized spacial score (nSPS) is 11.9. The van der Waals surface area contributed by atoms with E-state index in [0.717, 1.165) is 5.56 Å². The Balaban J connectivity index is 1.65. The van der Waals surface area contributed by atoms with Crippen LogP contribution in [0.25, 0.3) is 0 Å². The van der Waals surface area contributed by atoms with Crippen LogP contribution in [0.15, 0.2) is 64.8 Å². The second-order valence-electron chi connectivity index (χ2n) is 5.74. The minimum atomic E-state index is -0.221. The second kappa shape index (κ2) is 8.48. The quantitative estimate of drug-likeness (QED) is 0.490. The largest absolute Gasteiger partial charge is 0.347 e. The molecule has 3 rings (SSSR count). The van der Waals surface area contributed by atoms with Crippen molar-refractivity contribution in [3.8, 4) is 0 Å². The molecular formula is C18H19N5O2S. The Labute approximate surface area is 154 Å². The first kappa shape index (κ1) is 17.9. The summed E-state index contributed by atoms with van der Waals surface area (Å²) in [6.45, 7) is 2.28. The van der Waals surface area contributed by atoms with E-state index in [-0.39, 0.29) is 23.3 Å². The fourth-order valence-corrected chi connectivity index (χ4v) is 3.24. The molecule has 0 spiro atoms. The molecule has 2 heterocycles. The van der Waals surface area contributed by atoms with Gasteiger partial charge in [0.15, 0.2) is 5.16 Å². The predicted octanol–water partition coefficient (Wildman–Crippen LogP) is 1.92. The lowest BCUT2D eigenvalue weighted by Gasteiger charge is -2.19. The third-order valence-electron chi connectivity index (χ3n) is 3.65. The van der Waals surface area contributed by atoms with Gasteiger partial charge >= 0.3 is 0 Å². The van der Waals surface area contributed by atoms with Crippen molar-refractivity contribution in [2.45, 2.75) is 24.7 Å². The Hall–Kier alpha value is -2.87. The van der Waals surface area contributed by atoms with Gasteiger partial charge in [-0.05, 0) is 18.6 Å². The Kier molecular flexibility index (Phi) is 5.85. The molecule has 0 radical (unpaired) electrons. The number of nitrogens with zero attached hydrogens (tertiary/aromatic N) is 3. The Morgan fingerprint density at radius 2 is 2.12 bits per heavy atom. The molecule has 8 heteroatoms. The summed E-state index contributed by atoms with van der Waals surface area (Å²) in [7, 11) is 0. The van der Waals surface area contributed by atoms with Crippen LogP contribution in [0.1, 0.15) is 17.3 Å². The summed E-state index contributed by atoms with van der Waals surface area (Å²) >= 11 is 1.20. The minimum Gasteiger partial charge on any atom is -0.347 e. The van der Waals surface area contributed by atoms with Crippen molar-refractivity contribution in [1.29, 1.82) is 0 Å². The molecular weight excluding hydrogens is 350 g/mol. The van der Waals surface area contributed by atoms with E-state index in [2.05, 4.69) is 20.4 Å². The molecule has 0 aliphatic carbocycles. The molecule has 7 nitrogen and oxygen atoms in total. The zero-order valence-corrected chi connectivity index (χ0v) is 15.1. The summed E-state index contributed by atoms with van der Waals surface area (Å²) in [5.41, 5.74) is 1.40. The number of nitrogens with one attached hydrogen (secondary N) is 2. The summed E-state index contributed by atoms with van der Waals surface area (Å²) in [6.07, 6.45) is 3.57. The molecule has 3 aromatic rings. The standard InChI is InChI=1S/C18H19N5O2S/c1-13-10-16(24)22-18(20-13)26-12-17(25)21-15(11-23-9-5-8-19-23)14-6-3-2-4-7-14/h2-10,15H,11-12H2,1H3,(H,21,25)(H,20,22,24)/t15-/m1/s1. The maximum Gasteiger partial charge on any atom is 0.251 e. The number of aromatic nitrogens is 4. The highest BCUT2D eigenvalue weighted by atomic mass is 32.2. The second-order valence-corrected chi connectivity index (χ2v) is 6.70. The van der Waals surface area contributed by atoms with Crippen molar-refractivity contribution in [3.05, 3.63) is 76.5 Å². The fourth-order valence-electron chi connectivity index (χ4n) is 2.51. The lowest BCUT2D eigenvalue weighted by molar-refractivity contribution is -0.119. The molecule has 0 unspecified atom stereocenters. The van der Waals surface area contributed by atoms with Gasteiger partial charge in [-0.2, -0.15) is 5.10 Å². The van der Waals surface area contributed by atoms with Crippen LogP contribution in [0.4, 0.5) is 0 Å². The van der Waals surface area contributed by atoms with Crippen LogP contribution in [0.2, 0.25) is 0 Å². The maximum atomic E-state index is 12.4. The van der Waals surface area contributed by atoms with E-state index in [0.29, 0.717) is 17.4 Å². The highest BCUT2D eigenvalue weighted by Crippen LogP contribution is 2.16. The molecule has 1 amide bonds. The predicted molar refractivity (Wildman–Crippen MR) is 99.9 cm³/mol. The van der Waals surface area contributed by atoms with Crippen molar-refractivity contribution in [2.24, 2.45) is 0 Å². The molecule has 0 saturated carbocycles. The average Bonchev–Trinajstić information content (AvgIpc) is 3.12. The first-order valence-corrected chi connectivity index (χ1v) is 9.11. The fraction of sp³-hybridized carbons (Fsp3) is 0.222. The number of carbonyl (C=O) groups excluding carboxylic acids is 1. The van der Waals surface area contributed by atoms with Gasteiger partial charge in [0.25, 0.3) is 5.56 Å². The Morgan fingerprint density at radius 1 is 1.31 bits per heavy atom. The van der Waals surface area contributed by atoms with Gasteiger partial charge in [0.1, 0.15) is 0 Å². The van der Waals surface area contributed by atoms with Crippen LogP contribution in [0, 0.1) is 6.92 Å². The van der Waals surface area contributed by atoms with Crippen LogP contribution in [-0.2, 0) is 11.3 Å². The molecule has 2 N–H and O–H groups in total. The number of hydrogen-bond acceptors (Lipinski definition) is 5. The molecule has 1 aromatic carbocycles. The van der Waals surface area contributed by atoms with Crippen LogP contribution < -0.4 is 10.9 Å². The molecule has 0 fully saturated rings. The third-order valence-corrected chi connectivity index (χ3v) is 4.53. The number of amides is 1. The highest BCUT2D eigenvalue weighted by Gasteiger charge is 2.16. The third kappa shape index (κ3) is 5.06. The monoisotopic (exact) mass is 369 g/mol. The first-order valence-electron chi connectivity index (χ1n) is 8.12. The summed E-state index contributed by atoms with van der Waals surface area (Å²) in [4.78, 5) is 30.7. The van der Waals surface area contributed by atoms with E-state index in [1.165, 1.54) is 17.8 Å². The van der Waals surface area contributed by atoms with Gasteiger partial charge < -0.3 is 10.3 Å². The molecule has 26 heavy (non-hydrogen) atoms.